The number of nitrogens with zero attached hydrogens (tertiary/aromatic N) is 1. The highest BCUT2D eigenvalue weighted by atomic mass is 16.5. The number of likely N-dealkylation sites (tertiary alicyclic amines) is 1. The lowest BCUT2D eigenvalue weighted by Crippen LogP contribution is -2.44. The second kappa shape index (κ2) is 5.69. The molecule has 1 aliphatic rings. The molecule has 1 saturated heterocycles. The van der Waals surface area contributed by atoms with Gasteiger partial charge in [0.2, 0.25) is 0 Å². The van der Waals surface area contributed by atoms with Gasteiger partial charge in [-0.1, -0.05) is 6.92 Å². The number of hydrogen-bond acceptors (Lipinski definition) is 3. The molecule has 1 aliphatic heterocycles. The Morgan fingerprint density at radius 2 is 2.29 bits per heavy atom. The van der Waals surface area contributed by atoms with Crippen molar-refractivity contribution in [2.75, 3.05) is 26.7 Å². The molecule has 84 valence electrons. The van der Waals surface area contributed by atoms with Crippen molar-refractivity contribution in [3.05, 3.63) is 0 Å². The van der Waals surface area contributed by atoms with Gasteiger partial charge in [0.15, 0.2) is 0 Å². The van der Waals surface area contributed by atoms with Gasteiger partial charge in [-0.15, -0.1) is 0 Å². The molecule has 0 aliphatic carbocycles. The Morgan fingerprint density at radius 3 is 2.86 bits per heavy atom. The molecule has 0 bridgehead atoms. The summed E-state index contributed by atoms with van der Waals surface area (Å²) >= 11 is 0. The van der Waals surface area contributed by atoms with E-state index in [-0.39, 0.29) is 0 Å². The number of hydrogen-bond donors (Lipinski definition) is 1. The van der Waals surface area contributed by atoms with Crippen LogP contribution in [0.15, 0.2) is 0 Å². The highest BCUT2D eigenvalue weighted by molar-refractivity contribution is 4.78. The van der Waals surface area contributed by atoms with E-state index in [1.54, 1.807) is 0 Å². The molecule has 0 radical (unpaired) electrons. The molecule has 2 N–H and O–H groups in total. The van der Waals surface area contributed by atoms with Crippen molar-refractivity contribution < 1.29 is 4.74 Å². The highest BCUT2D eigenvalue weighted by Crippen LogP contribution is 2.19. The normalized spacial score (nSPS) is 31.7. The summed E-state index contributed by atoms with van der Waals surface area (Å²) in [6.07, 6.45) is 2.75. The van der Waals surface area contributed by atoms with Crippen LogP contribution in [0.2, 0.25) is 0 Å². The molecule has 0 aromatic heterocycles. The fraction of sp³-hybridized carbons (Fsp3) is 1.00. The first kappa shape index (κ1) is 12.0. The number of nitrogens with two attached hydrogens (primary N) is 1. The van der Waals surface area contributed by atoms with Crippen LogP contribution in [-0.2, 0) is 4.74 Å². The number of methoxy groups -OCH3 is 1. The van der Waals surface area contributed by atoms with E-state index in [1.165, 1.54) is 13.0 Å². The van der Waals surface area contributed by atoms with E-state index >= 15 is 0 Å². The summed E-state index contributed by atoms with van der Waals surface area (Å²) in [7, 11) is 1.82. The smallest absolute Gasteiger partial charge is 0.0724 e. The number of ether oxygens (including phenoxy) is 1. The molecule has 0 spiro atoms. The molecule has 0 aromatic carbocycles. The first-order chi connectivity index (χ1) is 6.63. The SMILES string of the molecule is COC1CN(CCC(C)N)CCC1C. The average molecular weight is 200 g/mol. The van der Waals surface area contributed by atoms with E-state index in [4.69, 9.17) is 10.5 Å². The number of piperidine rings is 1. The van der Waals surface area contributed by atoms with Gasteiger partial charge in [-0.25, -0.2) is 0 Å². The van der Waals surface area contributed by atoms with E-state index in [9.17, 15) is 0 Å². The molecule has 3 heteroatoms. The zero-order chi connectivity index (χ0) is 10.6. The minimum atomic E-state index is 0.315. The summed E-state index contributed by atoms with van der Waals surface area (Å²) in [5.41, 5.74) is 5.75. The standard InChI is InChI=1S/C11H24N2O/c1-9-4-6-13(7-5-10(2)12)8-11(9)14-3/h9-11H,4-8,12H2,1-3H3. The van der Waals surface area contributed by atoms with Crippen LogP contribution in [0.5, 0.6) is 0 Å². The second-order valence-corrected chi connectivity index (χ2v) is 4.61. The summed E-state index contributed by atoms with van der Waals surface area (Å²) < 4.78 is 5.47. The van der Waals surface area contributed by atoms with Crippen molar-refractivity contribution in [3.63, 3.8) is 0 Å². The quantitative estimate of drug-likeness (QED) is 0.738. The molecule has 1 heterocycles. The van der Waals surface area contributed by atoms with Crippen molar-refractivity contribution in [1.82, 2.24) is 4.90 Å². The van der Waals surface area contributed by atoms with Crippen LogP contribution < -0.4 is 5.73 Å². The molecule has 0 saturated carbocycles. The maximum atomic E-state index is 5.75. The summed E-state index contributed by atoms with van der Waals surface area (Å²) in [6, 6.07) is 0.315. The maximum Gasteiger partial charge on any atom is 0.0724 e. The Bertz CT molecular complexity index is 161. The zero-order valence-electron chi connectivity index (χ0n) is 9.70. The lowest BCUT2D eigenvalue weighted by atomic mass is 9.95. The third-order valence-electron chi connectivity index (χ3n) is 3.18. The van der Waals surface area contributed by atoms with E-state index in [2.05, 4.69) is 18.7 Å². The monoisotopic (exact) mass is 200 g/mol. The highest BCUT2D eigenvalue weighted by Gasteiger charge is 2.25. The Morgan fingerprint density at radius 1 is 1.57 bits per heavy atom. The lowest BCUT2D eigenvalue weighted by molar-refractivity contribution is -0.00543. The van der Waals surface area contributed by atoms with Crippen LogP contribution in [0, 0.1) is 5.92 Å². The van der Waals surface area contributed by atoms with Gasteiger partial charge in [0, 0.05) is 19.7 Å². The Hall–Kier alpha value is -0.120. The molecule has 1 rings (SSSR count). The van der Waals surface area contributed by atoms with Crippen LogP contribution in [0.4, 0.5) is 0 Å². The zero-order valence-corrected chi connectivity index (χ0v) is 9.70. The topological polar surface area (TPSA) is 38.5 Å². The second-order valence-electron chi connectivity index (χ2n) is 4.61. The first-order valence-corrected chi connectivity index (χ1v) is 5.64. The van der Waals surface area contributed by atoms with Crippen LogP contribution in [0.1, 0.15) is 26.7 Å². The summed E-state index contributed by atoms with van der Waals surface area (Å²) in [5, 5.41) is 0. The summed E-state index contributed by atoms with van der Waals surface area (Å²) in [6.45, 7) is 7.74. The van der Waals surface area contributed by atoms with E-state index in [1.807, 2.05) is 7.11 Å². The number of rotatable bonds is 4. The van der Waals surface area contributed by atoms with Gasteiger partial charge in [0.25, 0.3) is 0 Å². The maximum absolute atomic E-state index is 5.75. The molecule has 0 amide bonds. The van der Waals surface area contributed by atoms with E-state index in [0.29, 0.717) is 18.1 Å². The third-order valence-corrected chi connectivity index (χ3v) is 3.18. The largest absolute Gasteiger partial charge is 0.380 e. The van der Waals surface area contributed by atoms with Gasteiger partial charge < -0.3 is 15.4 Å². The predicted molar refractivity (Wildman–Crippen MR) is 59.3 cm³/mol. The summed E-state index contributed by atoms with van der Waals surface area (Å²) in [5.74, 6) is 0.701. The van der Waals surface area contributed by atoms with Crippen molar-refractivity contribution in [3.8, 4) is 0 Å². The van der Waals surface area contributed by atoms with Gasteiger partial charge in [-0.2, -0.15) is 0 Å². The van der Waals surface area contributed by atoms with E-state index < -0.39 is 0 Å². The van der Waals surface area contributed by atoms with E-state index in [0.717, 1.165) is 19.5 Å². The lowest BCUT2D eigenvalue weighted by Gasteiger charge is -2.36. The minimum Gasteiger partial charge on any atom is -0.380 e. The minimum absolute atomic E-state index is 0.315. The van der Waals surface area contributed by atoms with Gasteiger partial charge in [-0.05, 0) is 38.8 Å². The third kappa shape index (κ3) is 3.56. The fourth-order valence-corrected chi connectivity index (χ4v) is 1.99. The average Bonchev–Trinajstić information content (AvgIpc) is 2.16. The molecule has 3 unspecified atom stereocenters. The van der Waals surface area contributed by atoms with Crippen molar-refractivity contribution in [2.45, 2.75) is 38.8 Å². The molecular weight excluding hydrogens is 176 g/mol. The predicted octanol–water partition coefficient (Wildman–Crippen LogP) is 1.08. The Balaban J connectivity index is 2.27. The molecule has 14 heavy (non-hydrogen) atoms. The first-order valence-electron chi connectivity index (χ1n) is 5.64. The van der Waals surface area contributed by atoms with Gasteiger partial charge in [0.05, 0.1) is 6.10 Å². The van der Waals surface area contributed by atoms with Crippen LogP contribution >= 0.6 is 0 Å². The van der Waals surface area contributed by atoms with Crippen LogP contribution in [0.3, 0.4) is 0 Å². The van der Waals surface area contributed by atoms with Gasteiger partial charge >= 0.3 is 0 Å². The van der Waals surface area contributed by atoms with Crippen molar-refractivity contribution >= 4 is 0 Å². The summed E-state index contributed by atoms with van der Waals surface area (Å²) in [4.78, 5) is 2.47. The molecule has 3 atom stereocenters. The molecule has 3 nitrogen and oxygen atoms in total. The van der Waals surface area contributed by atoms with Gasteiger partial charge in [0.1, 0.15) is 0 Å². The molecule has 0 aromatic rings. The molecular formula is C11H24N2O. The fourth-order valence-electron chi connectivity index (χ4n) is 1.99. The van der Waals surface area contributed by atoms with Crippen molar-refractivity contribution in [1.29, 1.82) is 0 Å². The Labute approximate surface area is 87.6 Å². The van der Waals surface area contributed by atoms with Crippen molar-refractivity contribution in [2.24, 2.45) is 11.7 Å². The Kier molecular flexibility index (Phi) is 4.85. The van der Waals surface area contributed by atoms with Gasteiger partial charge in [-0.3, -0.25) is 0 Å². The van der Waals surface area contributed by atoms with Crippen LogP contribution in [-0.4, -0.2) is 43.8 Å². The molecule has 1 fully saturated rings. The van der Waals surface area contributed by atoms with Crippen LogP contribution in [0.25, 0.3) is 0 Å².